The van der Waals surface area contributed by atoms with E-state index in [9.17, 15) is 4.79 Å². The van der Waals surface area contributed by atoms with Crippen molar-refractivity contribution < 1.29 is 9.32 Å². The smallest absolute Gasteiger partial charge is 0.314 e. The van der Waals surface area contributed by atoms with Gasteiger partial charge in [0, 0.05) is 5.69 Å². The Morgan fingerprint density at radius 1 is 1.17 bits per heavy atom. The molecule has 2 rings (SSSR count). The molecule has 0 spiro atoms. The third-order valence-corrected chi connectivity index (χ3v) is 2.69. The van der Waals surface area contributed by atoms with Crippen LogP contribution in [0.3, 0.4) is 0 Å². The van der Waals surface area contributed by atoms with Gasteiger partial charge in [0.25, 0.3) is 5.28 Å². The SMILES string of the molecule is O=C(Nc1ccc(Cl)c(Cl)c1)Nc1nc(Cl)no1. The third-order valence-electron chi connectivity index (χ3n) is 1.80. The van der Waals surface area contributed by atoms with Crippen molar-refractivity contribution in [1.82, 2.24) is 10.1 Å². The quantitative estimate of drug-likeness (QED) is 0.887. The van der Waals surface area contributed by atoms with E-state index in [-0.39, 0.29) is 11.3 Å². The summed E-state index contributed by atoms with van der Waals surface area (Å²) in [6.45, 7) is 0. The first kappa shape index (κ1) is 12.9. The average Bonchev–Trinajstić information content (AvgIpc) is 2.69. The molecule has 1 aromatic carbocycles. The van der Waals surface area contributed by atoms with E-state index in [0.717, 1.165) is 0 Å². The van der Waals surface area contributed by atoms with E-state index in [0.29, 0.717) is 15.7 Å². The van der Waals surface area contributed by atoms with Crippen LogP contribution >= 0.6 is 34.8 Å². The van der Waals surface area contributed by atoms with Gasteiger partial charge in [-0.15, -0.1) is 0 Å². The van der Waals surface area contributed by atoms with Gasteiger partial charge < -0.3 is 9.84 Å². The highest BCUT2D eigenvalue weighted by Gasteiger charge is 2.09. The van der Waals surface area contributed by atoms with Gasteiger partial charge in [0.2, 0.25) is 0 Å². The van der Waals surface area contributed by atoms with E-state index < -0.39 is 6.03 Å². The Balaban J connectivity index is 2.00. The van der Waals surface area contributed by atoms with Crippen molar-refractivity contribution in [2.45, 2.75) is 0 Å². The lowest BCUT2D eigenvalue weighted by molar-refractivity contribution is 0.261. The van der Waals surface area contributed by atoms with Crippen LogP contribution in [-0.2, 0) is 0 Å². The molecule has 0 radical (unpaired) electrons. The van der Waals surface area contributed by atoms with Crippen LogP contribution in [0.5, 0.6) is 0 Å². The van der Waals surface area contributed by atoms with Crippen LogP contribution in [0.15, 0.2) is 22.7 Å². The number of benzene rings is 1. The second-order valence-corrected chi connectivity index (χ2v) is 4.23. The molecular formula is C9H5Cl3N4O2. The van der Waals surface area contributed by atoms with E-state index >= 15 is 0 Å². The van der Waals surface area contributed by atoms with Crippen molar-refractivity contribution in [3.05, 3.63) is 33.5 Å². The molecule has 18 heavy (non-hydrogen) atoms. The molecule has 0 bridgehead atoms. The van der Waals surface area contributed by atoms with Crippen molar-refractivity contribution in [2.24, 2.45) is 0 Å². The number of nitrogens with zero attached hydrogens (tertiary/aromatic N) is 2. The Bertz CT molecular complexity index is 587. The number of halogens is 3. The standard InChI is InChI=1S/C9H5Cl3N4O2/c10-5-2-1-4(3-6(5)11)13-8(17)15-9-14-7(12)16-18-9/h1-3H,(H2,13,14,15,16,17). The molecule has 2 amide bonds. The molecular weight excluding hydrogens is 302 g/mol. The molecule has 1 aromatic heterocycles. The van der Waals surface area contributed by atoms with Gasteiger partial charge in [-0.25, -0.2) is 4.79 Å². The number of aromatic nitrogens is 2. The highest BCUT2D eigenvalue weighted by atomic mass is 35.5. The Kier molecular flexibility index (Phi) is 3.90. The van der Waals surface area contributed by atoms with Gasteiger partial charge in [-0.05, 0) is 35.0 Å². The Labute approximate surface area is 116 Å². The predicted octanol–water partition coefficient (Wildman–Crippen LogP) is 3.67. The van der Waals surface area contributed by atoms with Gasteiger partial charge >= 0.3 is 12.0 Å². The minimum absolute atomic E-state index is 0.0974. The largest absolute Gasteiger partial charge is 0.330 e. The number of anilines is 2. The maximum absolute atomic E-state index is 11.5. The highest BCUT2D eigenvalue weighted by molar-refractivity contribution is 6.42. The maximum atomic E-state index is 11.5. The van der Waals surface area contributed by atoms with E-state index in [1.807, 2.05) is 0 Å². The molecule has 0 saturated heterocycles. The number of carbonyl (C=O) groups excluding carboxylic acids is 1. The maximum Gasteiger partial charge on any atom is 0.330 e. The molecule has 0 aliphatic rings. The second-order valence-electron chi connectivity index (χ2n) is 3.08. The van der Waals surface area contributed by atoms with E-state index in [1.54, 1.807) is 12.1 Å². The number of hydrogen-bond acceptors (Lipinski definition) is 4. The first-order valence-corrected chi connectivity index (χ1v) is 5.70. The zero-order valence-electron chi connectivity index (χ0n) is 8.58. The van der Waals surface area contributed by atoms with E-state index in [1.165, 1.54) is 6.07 Å². The van der Waals surface area contributed by atoms with Gasteiger partial charge in [0.15, 0.2) is 0 Å². The summed E-state index contributed by atoms with van der Waals surface area (Å²) in [5.74, 6) is 0. The van der Waals surface area contributed by atoms with Crippen molar-refractivity contribution in [1.29, 1.82) is 0 Å². The number of carbonyl (C=O) groups is 1. The summed E-state index contributed by atoms with van der Waals surface area (Å²) in [4.78, 5) is 15.1. The Morgan fingerprint density at radius 2 is 1.94 bits per heavy atom. The van der Waals surface area contributed by atoms with Crippen molar-refractivity contribution in [3.63, 3.8) is 0 Å². The molecule has 2 aromatic rings. The van der Waals surface area contributed by atoms with Crippen LogP contribution in [0, 0.1) is 0 Å². The van der Waals surface area contributed by atoms with Crippen molar-refractivity contribution in [2.75, 3.05) is 10.6 Å². The van der Waals surface area contributed by atoms with E-state index in [4.69, 9.17) is 34.8 Å². The Morgan fingerprint density at radius 3 is 2.56 bits per heavy atom. The number of amides is 2. The molecule has 0 aliphatic heterocycles. The molecule has 0 aliphatic carbocycles. The van der Waals surface area contributed by atoms with Gasteiger partial charge in [0.05, 0.1) is 10.0 Å². The summed E-state index contributed by atoms with van der Waals surface area (Å²) in [6, 6.07) is 3.97. The summed E-state index contributed by atoms with van der Waals surface area (Å²) < 4.78 is 4.60. The van der Waals surface area contributed by atoms with Crippen LogP contribution in [0.25, 0.3) is 0 Å². The molecule has 94 valence electrons. The fraction of sp³-hybridized carbons (Fsp3) is 0. The van der Waals surface area contributed by atoms with Gasteiger partial charge in [-0.1, -0.05) is 23.2 Å². The molecule has 9 heteroatoms. The molecule has 0 fully saturated rings. The van der Waals surface area contributed by atoms with Crippen LogP contribution in [0.1, 0.15) is 0 Å². The summed E-state index contributed by atoms with van der Waals surface area (Å²) in [5, 5.41) is 8.73. The topological polar surface area (TPSA) is 80.0 Å². The molecule has 6 nitrogen and oxygen atoms in total. The Hall–Kier alpha value is -1.50. The summed E-state index contributed by atoms with van der Waals surface area (Å²) in [7, 11) is 0. The third kappa shape index (κ3) is 3.25. The van der Waals surface area contributed by atoms with Crippen LogP contribution in [-0.4, -0.2) is 16.2 Å². The van der Waals surface area contributed by atoms with Crippen LogP contribution < -0.4 is 10.6 Å². The van der Waals surface area contributed by atoms with Gasteiger partial charge in [-0.2, -0.15) is 4.98 Å². The highest BCUT2D eigenvalue weighted by Crippen LogP contribution is 2.25. The zero-order chi connectivity index (χ0) is 13.1. The lowest BCUT2D eigenvalue weighted by Crippen LogP contribution is -2.19. The summed E-state index contributed by atoms with van der Waals surface area (Å²) in [5.41, 5.74) is 0.465. The average molecular weight is 308 g/mol. The molecule has 0 unspecified atom stereocenters. The molecule has 2 N–H and O–H groups in total. The minimum Gasteiger partial charge on any atom is -0.314 e. The number of nitrogens with one attached hydrogen (secondary N) is 2. The first-order valence-electron chi connectivity index (χ1n) is 4.57. The molecule has 1 heterocycles. The normalized spacial score (nSPS) is 10.2. The monoisotopic (exact) mass is 306 g/mol. The van der Waals surface area contributed by atoms with Crippen LogP contribution in [0.4, 0.5) is 16.5 Å². The molecule has 0 saturated carbocycles. The van der Waals surface area contributed by atoms with Crippen molar-refractivity contribution in [3.8, 4) is 0 Å². The number of hydrogen-bond donors (Lipinski definition) is 2. The fourth-order valence-electron chi connectivity index (χ4n) is 1.09. The van der Waals surface area contributed by atoms with E-state index in [2.05, 4.69) is 25.3 Å². The number of rotatable bonds is 2. The molecule has 0 atom stereocenters. The summed E-state index contributed by atoms with van der Waals surface area (Å²) in [6.07, 6.45) is 0. The van der Waals surface area contributed by atoms with Crippen molar-refractivity contribution >= 4 is 52.5 Å². The lowest BCUT2D eigenvalue weighted by Gasteiger charge is -2.05. The van der Waals surface area contributed by atoms with Crippen LogP contribution in [0.2, 0.25) is 15.3 Å². The minimum atomic E-state index is -0.575. The fourth-order valence-corrected chi connectivity index (χ4v) is 1.50. The predicted molar refractivity (Wildman–Crippen MR) is 68.4 cm³/mol. The zero-order valence-corrected chi connectivity index (χ0v) is 10.8. The lowest BCUT2D eigenvalue weighted by atomic mass is 10.3. The van der Waals surface area contributed by atoms with Gasteiger partial charge in [-0.3, -0.25) is 5.32 Å². The van der Waals surface area contributed by atoms with Gasteiger partial charge in [0.1, 0.15) is 0 Å². The summed E-state index contributed by atoms with van der Waals surface area (Å²) >= 11 is 17.0. The number of urea groups is 1. The first-order chi connectivity index (χ1) is 8.54. The second kappa shape index (κ2) is 5.43.